The predicted octanol–water partition coefficient (Wildman–Crippen LogP) is 0.828. The standard InChI is InChI=1S/C12H17N3O4/c1-8(12(16)14-3)19-11-5-4-9(7-13-2)6-10(11)15(17)18/h4-6,8,13H,7H2,1-3H3,(H,14,16). The second-order valence-electron chi connectivity index (χ2n) is 3.96. The molecule has 104 valence electrons. The lowest BCUT2D eigenvalue weighted by molar-refractivity contribution is -0.386. The summed E-state index contributed by atoms with van der Waals surface area (Å²) in [7, 11) is 3.23. The van der Waals surface area contributed by atoms with E-state index in [4.69, 9.17) is 4.74 Å². The third-order valence-electron chi connectivity index (χ3n) is 2.52. The molecule has 0 aliphatic heterocycles. The van der Waals surface area contributed by atoms with Gasteiger partial charge in [0.15, 0.2) is 11.9 Å². The molecule has 19 heavy (non-hydrogen) atoms. The highest BCUT2D eigenvalue weighted by Crippen LogP contribution is 2.28. The lowest BCUT2D eigenvalue weighted by Crippen LogP contribution is -2.33. The van der Waals surface area contributed by atoms with Gasteiger partial charge in [0.25, 0.3) is 5.91 Å². The lowest BCUT2D eigenvalue weighted by Gasteiger charge is -2.13. The van der Waals surface area contributed by atoms with E-state index in [0.29, 0.717) is 6.54 Å². The van der Waals surface area contributed by atoms with Crippen LogP contribution in [0.3, 0.4) is 0 Å². The highest BCUT2D eigenvalue weighted by molar-refractivity contribution is 5.80. The smallest absolute Gasteiger partial charge is 0.311 e. The molecule has 1 aromatic rings. The zero-order valence-corrected chi connectivity index (χ0v) is 11.1. The molecule has 1 rings (SSSR count). The molecule has 0 radical (unpaired) electrons. The fraction of sp³-hybridized carbons (Fsp3) is 0.417. The van der Waals surface area contributed by atoms with Crippen LogP contribution in [-0.4, -0.2) is 31.0 Å². The molecule has 7 heteroatoms. The summed E-state index contributed by atoms with van der Waals surface area (Å²) < 4.78 is 5.32. The van der Waals surface area contributed by atoms with Crippen molar-refractivity contribution in [2.45, 2.75) is 19.6 Å². The molecule has 1 unspecified atom stereocenters. The van der Waals surface area contributed by atoms with Gasteiger partial charge in [0.1, 0.15) is 0 Å². The van der Waals surface area contributed by atoms with Gasteiger partial charge in [-0.2, -0.15) is 0 Å². The van der Waals surface area contributed by atoms with E-state index >= 15 is 0 Å². The molecule has 7 nitrogen and oxygen atoms in total. The van der Waals surface area contributed by atoms with Crippen LogP contribution in [0.2, 0.25) is 0 Å². The zero-order valence-electron chi connectivity index (χ0n) is 11.1. The second kappa shape index (κ2) is 6.69. The van der Waals surface area contributed by atoms with E-state index in [-0.39, 0.29) is 17.3 Å². The topological polar surface area (TPSA) is 93.5 Å². The van der Waals surface area contributed by atoms with Crippen molar-refractivity contribution in [2.75, 3.05) is 14.1 Å². The first-order valence-corrected chi connectivity index (χ1v) is 5.79. The molecule has 0 aliphatic carbocycles. The number of amides is 1. The summed E-state index contributed by atoms with van der Waals surface area (Å²) in [5.41, 5.74) is 0.623. The maximum absolute atomic E-state index is 11.4. The molecule has 0 bridgehead atoms. The quantitative estimate of drug-likeness (QED) is 0.588. The highest BCUT2D eigenvalue weighted by Gasteiger charge is 2.20. The van der Waals surface area contributed by atoms with Crippen LogP contribution in [0.4, 0.5) is 5.69 Å². The average Bonchev–Trinajstić information content (AvgIpc) is 2.39. The molecule has 0 fully saturated rings. The van der Waals surface area contributed by atoms with E-state index in [1.807, 2.05) is 0 Å². The van der Waals surface area contributed by atoms with Crippen molar-refractivity contribution in [3.8, 4) is 5.75 Å². The van der Waals surface area contributed by atoms with Crippen molar-refractivity contribution in [2.24, 2.45) is 0 Å². The molecule has 0 aliphatic rings. The number of nitro benzene ring substituents is 1. The van der Waals surface area contributed by atoms with Crippen molar-refractivity contribution in [1.29, 1.82) is 0 Å². The number of nitrogens with zero attached hydrogens (tertiary/aromatic N) is 1. The van der Waals surface area contributed by atoms with Crippen molar-refractivity contribution in [3.05, 3.63) is 33.9 Å². The van der Waals surface area contributed by atoms with E-state index in [0.717, 1.165) is 5.56 Å². The third kappa shape index (κ3) is 3.92. The number of carbonyl (C=O) groups excluding carboxylic acids is 1. The van der Waals surface area contributed by atoms with Crippen molar-refractivity contribution < 1.29 is 14.5 Å². The second-order valence-corrected chi connectivity index (χ2v) is 3.96. The molecule has 0 saturated heterocycles. The van der Waals surface area contributed by atoms with Crippen molar-refractivity contribution >= 4 is 11.6 Å². The molecule has 2 N–H and O–H groups in total. The SMILES string of the molecule is CNCc1ccc(OC(C)C(=O)NC)c([N+](=O)[O-])c1. The van der Waals surface area contributed by atoms with E-state index in [1.165, 1.54) is 26.1 Å². The Labute approximate surface area is 111 Å². The number of carbonyl (C=O) groups is 1. The van der Waals surface area contributed by atoms with Gasteiger partial charge < -0.3 is 15.4 Å². The Morgan fingerprint density at radius 1 is 1.47 bits per heavy atom. The Morgan fingerprint density at radius 2 is 2.16 bits per heavy atom. The number of hydrogen-bond donors (Lipinski definition) is 2. The van der Waals surface area contributed by atoms with E-state index in [1.54, 1.807) is 13.1 Å². The number of rotatable bonds is 6. The van der Waals surface area contributed by atoms with Gasteiger partial charge in [-0.3, -0.25) is 14.9 Å². The van der Waals surface area contributed by atoms with Gasteiger partial charge in [-0.1, -0.05) is 6.07 Å². The number of nitrogens with one attached hydrogen (secondary N) is 2. The van der Waals surface area contributed by atoms with Gasteiger partial charge in [-0.05, 0) is 25.6 Å². The number of benzene rings is 1. The van der Waals surface area contributed by atoms with Crippen LogP contribution < -0.4 is 15.4 Å². The summed E-state index contributed by atoms with van der Waals surface area (Å²) in [4.78, 5) is 21.8. The van der Waals surface area contributed by atoms with E-state index in [9.17, 15) is 14.9 Å². The lowest BCUT2D eigenvalue weighted by atomic mass is 10.2. The Kier molecular flexibility index (Phi) is 5.25. The molecule has 1 atom stereocenters. The van der Waals surface area contributed by atoms with Crippen molar-refractivity contribution in [1.82, 2.24) is 10.6 Å². The van der Waals surface area contributed by atoms with Gasteiger partial charge >= 0.3 is 5.69 Å². The molecular formula is C12H17N3O4. The largest absolute Gasteiger partial charge is 0.474 e. The summed E-state index contributed by atoms with van der Waals surface area (Å²) in [6.07, 6.45) is -0.793. The fourth-order valence-electron chi connectivity index (χ4n) is 1.57. The predicted molar refractivity (Wildman–Crippen MR) is 70.0 cm³/mol. The van der Waals surface area contributed by atoms with Gasteiger partial charge in [0.05, 0.1) is 4.92 Å². The van der Waals surface area contributed by atoms with Crippen LogP contribution in [0.5, 0.6) is 5.75 Å². The minimum atomic E-state index is -0.793. The number of nitro groups is 1. The summed E-state index contributed by atoms with van der Waals surface area (Å²) in [6, 6.07) is 4.65. The number of ether oxygens (including phenoxy) is 1. The van der Waals surface area contributed by atoms with Gasteiger partial charge in [0, 0.05) is 19.7 Å². The molecule has 1 amide bonds. The fourth-order valence-corrected chi connectivity index (χ4v) is 1.57. The molecule has 1 aromatic carbocycles. The average molecular weight is 267 g/mol. The molecule has 0 heterocycles. The Balaban J connectivity index is 3.00. The molecular weight excluding hydrogens is 250 g/mol. The molecule has 0 saturated carbocycles. The van der Waals surface area contributed by atoms with Gasteiger partial charge in [-0.15, -0.1) is 0 Å². The van der Waals surface area contributed by atoms with Crippen LogP contribution >= 0.6 is 0 Å². The van der Waals surface area contributed by atoms with Crippen LogP contribution in [0.25, 0.3) is 0 Å². The van der Waals surface area contributed by atoms with Gasteiger partial charge in [-0.25, -0.2) is 0 Å². The Morgan fingerprint density at radius 3 is 2.68 bits per heavy atom. The van der Waals surface area contributed by atoms with E-state index < -0.39 is 11.0 Å². The maximum Gasteiger partial charge on any atom is 0.311 e. The van der Waals surface area contributed by atoms with Crippen LogP contribution in [0.15, 0.2) is 18.2 Å². The highest BCUT2D eigenvalue weighted by atomic mass is 16.6. The van der Waals surface area contributed by atoms with Crippen LogP contribution in [0.1, 0.15) is 12.5 Å². The summed E-state index contributed by atoms with van der Waals surface area (Å²) in [5, 5.41) is 16.3. The Hall–Kier alpha value is -2.15. The molecule has 0 spiro atoms. The monoisotopic (exact) mass is 267 g/mol. The number of likely N-dealkylation sites (N-methyl/N-ethyl adjacent to an activating group) is 1. The first-order chi connectivity index (χ1) is 8.99. The van der Waals surface area contributed by atoms with E-state index in [2.05, 4.69) is 10.6 Å². The minimum absolute atomic E-state index is 0.0842. The number of hydrogen-bond acceptors (Lipinski definition) is 5. The first kappa shape index (κ1) is 14.9. The zero-order chi connectivity index (χ0) is 14.4. The normalized spacial score (nSPS) is 11.7. The maximum atomic E-state index is 11.4. The summed E-state index contributed by atoms with van der Waals surface area (Å²) in [5.74, 6) is -0.255. The molecule has 0 aromatic heterocycles. The first-order valence-electron chi connectivity index (χ1n) is 5.79. The van der Waals surface area contributed by atoms with Gasteiger partial charge in [0.2, 0.25) is 0 Å². The van der Waals surface area contributed by atoms with Crippen molar-refractivity contribution in [3.63, 3.8) is 0 Å². The third-order valence-corrected chi connectivity index (χ3v) is 2.52. The van der Waals surface area contributed by atoms with Crippen LogP contribution in [0, 0.1) is 10.1 Å². The Bertz CT molecular complexity index is 476. The summed E-state index contributed by atoms with van der Waals surface area (Å²) in [6.45, 7) is 2.05. The minimum Gasteiger partial charge on any atom is -0.474 e. The van der Waals surface area contributed by atoms with Crippen LogP contribution in [-0.2, 0) is 11.3 Å². The summed E-state index contributed by atoms with van der Waals surface area (Å²) >= 11 is 0.